The molecular formula is C13H19N3. The number of nitrogens with two attached hydrogens (primary N) is 1. The van der Waals surface area contributed by atoms with E-state index in [1.165, 1.54) is 30.5 Å². The molecule has 4 rings (SSSR count). The van der Waals surface area contributed by atoms with Crippen LogP contribution in [0.25, 0.3) is 0 Å². The number of rotatable bonds is 3. The van der Waals surface area contributed by atoms with Gasteiger partial charge in [0.2, 0.25) is 0 Å². The van der Waals surface area contributed by atoms with Gasteiger partial charge in [-0.2, -0.15) is 0 Å². The second-order valence-corrected chi connectivity index (χ2v) is 5.68. The third kappa shape index (κ3) is 1.16. The highest BCUT2D eigenvalue weighted by molar-refractivity contribution is 5.50. The van der Waals surface area contributed by atoms with Crippen molar-refractivity contribution < 1.29 is 0 Å². The SMILES string of the molecule is CN(C)c1ccc(C23CC(NN)(C2)C3)cc1. The molecule has 0 aromatic heterocycles. The molecule has 3 nitrogen and oxygen atoms in total. The van der Waals surface area contributed by atoms with Gasteiger partial charge in [-0.1, -0.05) is 12.1 Å². The molecule has 0 atom stereocenters. The van der Waals surface area contributed by atoms with Crippen molar-refractivity contribution in [2.24, 2.45) is 5.84 Å². The minimum absolute atomic E-state index is 0.278. The van der Waals surface area contributed by atoms with Crippen LogP contribution in [0.5, 0.6) is 0 Å². The molecule has 3 aliphatic rings. The summed E-state index contributed by atoms with van der Waals surface area (Å²) in [6, 6.07) is 8.96. The van der Waals surface area contributed by atoms with E-state index in [0.29, 0.717) is 5.41 Å². The summed E-state index contributed by atoms with van der Waals surface area (Å²) in [5.74, 6) is 5.55. The second kappa shape index (κ2) is 2.99. The predicted octanol–water partition coefficient (Wildman–Crippen LogP) is 1.39. The summed E-state index contributed by atoms with van der Waals surface area (Å²) < 4.78 is 0. The van der Waals surface area contributed by atoms with Crippen LogP contribution in [0.15, 0.2) is 24.3 Å². The molecule has 3 fully saturated rings. The molecule has 0 heterocycles. The lowest BCUT2D eigenvalue weighted by atomic mass is 9.38. The van der Waals surface area contributed by atoms with Gasteiger partial charge >= 0.3 is 0 Å². The van der Waals surface area contributed by atoms with Gasteiger partial charge in [-0.3, -0.25) is 11.3 Å². The first kappa shape index (κ1) is 10.1. The summed E-state index contributed by atoms with van der Waals surface area (Å²) in [7, 11) is 4.15. The topological polar surface area (TPSA) is 41.3 Å². The summed E-state index contributed by atoms with van der Waals surface area (Å²) in [6.07, 6.45) is 3.62. The molecule has 0 spiro atoms. The highest BCUT2D eigenvalue weighted by Gasteiger charge is 2.67. The Morgan fingerprint density at radius 1 is 1.12 bits per heavy atom. The van der Waals surface area contributed by atoms with E-state index in [0.717, 1.165) is 0 Å². The van der Waals surface area contributed by atoms with Crippen LogP contribution >= 0.6 is 0 Å². The molecule has 3 N–H and O–H groups in total. The minimum Gasteiger partial charge on any atom is -0.378 e. The molecule has 3 aliphatic carbocycles. The van der Waals surface area contributed by atoms with Crippen molar-refractivity contribution in [2.45, 2.75) is 30.2 Å². The third-order valence-corrected chi connectivity index (χ3v) is 4.33. The predicted molar refractivity (Wildman–Crippen MR) is 66.4 cm³/mol. The normalized spacial score (nSPS) is 35.2. The van der Waals surface area contributed by atoms with Gasteiger partial charge in [0.1, 0.15) is 0 Å². The van der Waals surface area contributed by atoms with Crippen molar-refractivity contribution >= 4 is 5.69 Å². The molecule has 1 aromatic carbocycles. The number of hydrogen-bond acceptors (Lipinski definition) is 3. The summed E-state index contributed by atoms with van der Waals surface area (Å²) in [5, 5.41) is 0. The van der Waals surface area contributed by atoms with Gasteiger partial charge in [-0.25, -0.2) is 0 Å². The van der Waals surface area contributed by atoms with E-state index in [1.807, 2.05) is 0 Å². The Hall–Kier alpha value is -1.06. The van der Waals surface area contributed by atoms with Crippen LogP contribution in [-0.4, -0.2) is 19.6 Å². The molecule has 2 bridgehead atoms. The van der Waals surface area contributed by atoms with Gasteiger partial charge in [0, 0.05) is 30.7 Å². The number of hydrogen-bond donors (Lipinski definition) is 2. The van der Waals surface area contributed by atoms with Crippen LogP contribution in [0.1, 0.15) is 24.8 Å². The number of anilines is 1. The zero-order valence-electron chi connectivity index (χ0n) is 9.96. The molecule has 0 saturated heterocycles. The summed E-state index contributed by atoms with van der Waals surface area (Å²) in [4.78, 5) is 2.13. The monoisotopic (exact) mass is 217 g/mol. The second-order valence-electron chi connectivity index (χ2n) is 5.68. The van der Waals surface area contributed by atoms with Crippen LogP contribution in [0, 0.1) is 0 Å². The van der Waals surface area contributed by atoms with Crippen LogP contribution in [0.2, 0.25) is 0 Å². The lowest BCUT2D eigenvalue weighted by Gasteiger charge is -2.70. The smallest absolute Gasteiger partial charge is 0.0361 e. The van der Waals surface area contributed by atoms with Crippen LogP contribution in [-0.2, 0) is 5.41 Å². The van der Waals surface area contributed by atoms with E-state index in [1.54, 1.807) is 0 Å². The Morgan fingerprint density at radius 3 is 2.12 bits per heavy atom. The van der Waals surface area contributed by atoms with Crippen molar-refractivity contribution in [2.75, 3.05) is 19.0 Å². The fourth-order valence-corrected chi connectivity index (χ4v) is 3.36. The van der Waals surface area contributed by atoms with E-state index in [9.17, 15) is 0 Å². The Morgan fingerprint density at radius 2 is 1.69 bits per heavy atom. The first-order valence-electron chi connectivity index (χ1n) is 5.85. The fourth-order valence-electron chi connectivity index (χ4n) is 3.36. The largest absolute Gasteiger partial charge is 0.378 e. The molecule has 86 valence electrons. The lowest BCUT2D eigenvalue weighted by Crippen LogP contribution is -2.77. The molecule has 0 radical (unpaired) electrons. The van der Waals surface area contributed by atoms with Crippen LogP contribution < -0.4 is 16.2 Å². The Balaban J connectivity index is 1.78. The molecule has 0 unspecified atom stereocenters. The van der Waals surface area contributed by atoms with E-state index in [2.05, 4.69) is 48.7 Å². The van der Waals surface area contributed by atoms with Gasteiger partial charge in [0.05, 0.1) is 0 Å². The number of nitrogens with zero attached hydrogens (tertiary/aromatic N) is 1. The van der Waals surface area contributed by atoms with Gasteiger partial charge in [0.15, 0.2) is 0 Å². The maximum atomic E-state index is 5.55. The Labute approximate surface area is 96.6 Å². The summed E-state index contributed by atoms with van der Waals surface area (Å²) in [6.45, 7) is 0. The standard InChI is InChI=1S/C13H19N3/c1-16(2)11-5-3-10(4-6-11)12-7-13(8-12,9-12)15-14/h3-6,15H,7-9,14H2,1-2H3. The lowest BCUT2D eigenvalue weighted by molar-refractivity contribution is -0.0882. The average Bonchev–Trinajstić information content (AvgIpc) is 2.15. The molecule has 16 heavy (non-hydrogen) atoms. The number of hydrazine groups is 1. The van der Waals surface area contributed by atoms with Crippen molar-refractivity contribution in [3.8, 4) is 0 Å². The van der Waals surface area contributed by atoms with E-state index in [-0.39, 0.29) is 5.54 Å². The van der Waals surface area contributed by atoms with E-state index >= 15 is 0 Å². The van der Waals surface area contributed by atoms with Crippen molar-refractivity contribution in [3.63, 3.8) is 0 Å². The first-order valence-corrected chi connectivity index (χ1v) is 5.85. The molecule has 3 saturated carbocycles. The van der Waals surface area contributed by atoms with Crippen molar-refractivity contribution in [1.29, 1.82) is 0 Å². The molecule has 0 aliphatic heterocycles. The summed E-state index contributed by atoms with van der Waals surface area (Å²) in [5.41, 5.74) is 6.43. The molecule has 3 heteroatoms. The first-order chi connectivity index (χ1) is 7.59. The van der Waals surface area contributed by atoms with Gasteiger partial charge in [-0.15, -0.1) is 0 Å². The van der Waals surface area contributed by atoms with Crippen LogP contribution in [0.4, 0.5) is 5.69 Å². The molecule has 1 aromatic rings. The van der Waals surface area contributed by atoms with Crippen molar-refractivity contribution in [3.05, 3.63) is 29.8 Å². The molecule has 0 amide bonds. The highest BCUT2D eigenvalue weighted by atomic mass is 15.3. The number of nitrogens with one attached hydrogen (secondary N) is 1. The fraction of sp³-hybridized carbons (Fsp3) is 0.538. The van der Waals surface area contributed by atoms with Gasteiger partial charge in [-0.05, 0) is 37.0 Å². The molecular weight excluding hydrogens is 198 g/mol. The maximum Gasteiger partial charge on any atom is 0.0361 e. The number of benzene rings is 1. The highest BCUT2D eigenvalue weighted by Crippen LogP contribution is 2.67. The zero-order valence-corrected chi connectivity index (χ0v) is 9.96. The quantitative estimate of drug-likeness (QED) is 0.594. The summed E-state index contributed by atoms with van der Waals surface area (Å²) >= 11 is 0. The van der Waals surface area contributed by atoms with E-state index in [4.69, 9.17) is 5.84 Å². The van der Waals surface area contributed by atoms with Crippen LogP contribution in [0.3, 0.4) is 0 Å². The average molecular weight is 217 g/mol. The Bertz CT molecular complexity index is 388. The van der Waals surface area contributed by atoms with E-state index < -0.39 is 0 Å². The minimum atomic E-state index is 0.278. The maximum absolute atomic E-state index is 5.55. The Kier molecular flexibility index (Phi) is 1.89. The van der Waals surface area contributed by atoms with Crippen molar-refractivity contribution in [1.82, 2.24) is 5.43 Å². The third-order valence-electron chi connectivity index (χ3n) is 4.33. The van der Waals surface area contributed by atoms with Gasteiger partial charge in [0.25, 0.3) is 0 Å². The van der Waals surface area contributed by atoms with Gasteiger partial charge < -0.3 is 4.90 Å². The zero-order chi connectivity index (χ0) is 11.4.